The van der Waals surface area contributed by atoms with Crippen LogP contribution in [-0.4, -0.2) is 11.6 Å². The number of ether oxygens (including phenoxy) is 1. The number of aromatic nitrogens is 1. The molecule has 0 unspecified atom stereocenters. The van der Waals surface area contributed by atoms with Gasteiger partial charge in [-0.15, -0.1) is 0 Å². The molecule has 28 heavy (non-hydrogen) atoms. The Hall–Kier alpha value is -1.84. The van der Waals surface area contributed by atoms with Crippen LogP contribution in [0.1, 0.15) is 96.0 Å². The van der Waals surface area contributed by atoms with Gasteiger partial charge in [-0.1, -0.05) is 95.6 Å². The van der Waals surface area contributed by atoms with Crippen molar-refractivity contribution in [2.24, 2.45) is 0 Å². The third-order valence-corrected chi connectivity index (χ3v) is 5.24. The quantitative estimate of drug-likeness (QED) is 0.310. The molecule has 2 aromatic rings. The van der Waals surface area contributed by atoms with Crippen molar-refractivity contribution in [3.05, 3.63) is 34.2 Å². The van der Waals surface area contributed by atoms with Gasteiger partial charge in [-0.3, -0.25) is 0 Å². The van der Waals surface area contributed by atoms with E-state index in [4.69, 9.17) is 9.15 Å². The summed E-state index contributed by atoms with van der Waals surface area (Å²) >= 11 is 0. The lowest BCUT2D eigenvalue weighted by atomic mass is 10.0. The van der Waals surface area contributed by atoms with E-state index in [0.717, 1.165) is 18.4 Å². The van der Waals surface area contributed by atoms with E-state index >= 15 is 0 Å². The van der Waals surface area contributed by atoms with Crippen molar-refractivity contribution in [2.75, 3.05) is 6.61 Å². The standard InChI is InChI=1S/C24H37NO3/c1-3-4-5-6-7-8-9-10-11-12-13-14-15-18-27-24-25-22-17-16-20(2)19-21(22)23(26)28-24/h16-17,19H,3-15,18H2,1-2H3. The van der Waals surface area contributed by atoms with Crippen LogP contribution in [0.4, 0.5) is 0 Å². The summed E-state index contributed by atoms with van der Waals surface area (Å²) in [5.41, 5.74) is 1.26. The smallest absolute Gasteiger partial charge is 0.397 e. The van der Waals surface area contributed by atoms with Crippen molar-refractivity contribution in [3.63, 3.8) is 0 Å². The summed E-state index contributed by atoms with van der Waals surface area (Å²) in [5.74, 6) is 0. The molecule has 0 aliphatic carbocycles. The second-order valence-corrected chi connectivity index (χ2v) is 7.88. The van der Waals surface area contributed by atoms with E-state index in [1.807, 2.05) is 19.1 Å². The minimum Gasteiger partial charge on any atom is -0.450 e. The molecule has 0 spiro atoms. The van der Waals surface area contributed by atoms with Crippen molar-refractivity contribution >= 4 is 10.9 Å². The Morgan fingerprint density at radius 3 is 2.04 bits per heavy atom. The predicted molar refractivity (Wildman–Crippen MR) is 116 cm³/mol. The molecule has 2 rings (SSSR count). The minimum absolute atomic E-state index is 0.0836. The van der Waals surface area contributed by atoms with Crippen LogP contribution in [0.5, 0.6) is 6.08 Å². The molecule has 0 fully saturated rings. The summed E-state index contributed by atoms with van der Waals surface area (Å²) in [6, 6.07) is 5.56. The van der Waals surface area contributed by atoms with Gasteiger partial charge in [0.25, 0.3) is 0 Å². The van der Waals surface area contributed by atoms with E-state index < -0.39 is 0 Å². The summed E-state index contributed by atoms with van der Waals surface area (Å²) in [4.78, 5) is 16.3. The highest BCUT2D eigenvalue weighted by atomic mass is 16.6. The maximum absolute atomic E-state index is 12.0. The van der Waals surface area contributed by atoms with Crippen LogP contribution in [0, 0.1) is 6.92 Å². The third-order valence-electron chi connectivity index (χ3n) is 5.24. The number of nitrogens with zero attached hydrogens (tertiary/aromatic N) is 1. The largest absolute Gasteiger partial charge is 0.450 e. The first-order valence-corrected chi connectivity index (χ1v) is 11.2. The summed E-state index contributed by atoms with van der Waals surface area (Å²) in [7, 11) is 0. The van der Waals surface area contributed by atoms with Gasteiger partial charge in [0.2, 0.25) is 0 Å². The number of rotatable bonds is 15. The molecule has 4 nitrogen and oxygen atoms in total. The first kappa shape index (κ1) is 22.4. The molecule has 0 radical (unpaired) electrons. The second kappa shape index (κ2) is 13.4. The molecule has 0 aliphatic rings. The van der Waals surface area contributed by atoms with Gasteiger partial charge >= 0.3 is 11.7 Å². The van der Waals surface area contributed by atoms with Gasteiger partial charge in [-0.25, -0.2) is 4.79 Å². The van der Waals surface area contributed by atoms with Crippen molar-refractivity contribution in [1.82, 2.24) is 4.98 Å². The highest BCUT2D eigenvalue weighted by Gasteiger charge is 2.07. The number of hydrogen-bond acceptors (Lipinski definition) is 4. The van der Waals surface area contributed by atoms with E-state index in [1.165, 1.54) is 70.6 Å². The topological polar surface area (TPSA) is 52.3 Å². The molecular formula is C24H37NO3. The molecule has 0 N–H and O–H groups in total. The summed E-state index contributed by atoms with van der Waals surface area (Å²) < 4.78 is 10.7. The molecule has 4 heteroatoms. The van der Waals surface area contributed by atoms with E-state index in [0.29, 0.717) is 17.5 Å². The van der Waals surface area contributed by atoms with Crippen LogP contribution >= 0.6 is 0 Å². The Kier molecular flexibility index (Phi) is 10.7. The van der Waals surface area contributed by atoms with Crippen LogP contribution < -0.4 is 10.4 Å². The maximum atomic E-state index is 12.0. The lowest BCUT2D eigenvalue weighted by molar-refractivity contribution is 0.211. The number of aryl methyl sites for hydroxylation is 1. The Morgan fingerprint density at radius 1 is 0.857 bits per heavy atom. The van der Waals surface area contributed by atoms with Crippen molar-refractivity contribution in [1.29, 1.82) is 0 Å². The van der Waals surface area contributed by atoms with Gasteiger partial charge in [0.15, 0.2) is 0 Å². The zero-order valence-corrected chi connectivity index (χ0v) is 17.8. The van der Waals surface area contributed by atoms with E-state index in [2.05, 4.69) is 11.9 Å². The van der Waals surface area contributed by atoms with E-state index in [-0.39, 0.29) is 11.7 Å². The van der Waals surface area contributed by atoms with Crippen LogP contribution in [0.25, 0.3) is 10.9 Å². The van der Waals surface area contributed by atoms with Crippen LogP contribution in [0.3, 0.4) is 0 Å². The molecular weight excluding hydrogens is 350 g/mol. The average molecular weight is 388 g/mol. The molecule has 0 saturated carbocycles. The zero-order valence-electron chi connectivity index (χ0n) is 17.8. The van der Waals surface area contributed by atoms with Gasteiger partial charge in [-0.2, -0.15) is 4.98 Å². The van der Waals surface area contributed by atoms with Gasteiger partial charge in [0.05, 0.1) is 17.5 Å². The average Bonchev–Trinajstić information content (AvgIpc) is 2.69. The Morgan fingerprint density at radius 2 is 1.43 bits per heavy atom. The fourth-order valence-electron chi connectivity index (χ4n) is 3.51. The molecule has 0 saturated heterocycles. The number of fused-ring (bicyclic) bond motifs is 1. The lowest BCUT2D eigenvalue weighted by Crippen LogP contribution is -2.06. The number of unbranched alkanes of at least 4 members (excludes halogenated alkanes) is 12. The van der Waals surface area contributed by atoms with Gasteiger partial charge in [-0.05, 0) is 25.5 Å². The normalized spacial score (nSPS) is 11.2. The zero-order chi connectivity index (χ0) is 20.0. The highest BCUT2D eigenvalue weighted by molar-refractivity contribution is 5.77. The molecule has 1 heterocycles. The van der Waals surface area contributed by atoms with Crippen LogP contribution in [0.2, 0.25) is 0 Å². The van der Waals surface area contributed by atoms with Crippen LogP contribution in [-0.2, 0) is 0 Å². The summed E-state index contributed by atoms with van der Waals surface area (Å²) in [6.45, 7) is 4.76. The summed E-state index contributed by atoms with van der Waals surface area (Å²) in [5, 5.41) is 0.508. The molecule has 0 atom stereocenters. The fraction of sp³-hybridized carbons (Fsp3) is 0.667. The van der Waals surface area contributed by atoms with E-state index in [9.17, 15) is 4.79 Å². The highest BCUT2D eigenvalue weighted by Crippen LogP contribution is 2.15. The first-order chi connectivity index (χ1) is 13.7. The second-order valence-electron chi connectivity index (χ2n) is 7.88. The Labute approximate surface area is 169 Å². The minimum atomic E-state index is -0.380. The number of benzene rings is 1. The predicted octanol–water partition coefficient (Wildman–Crippen LogP) is 6.97. The van der Waals surface area contributed by atoms with Crippen molar-refractivity contribution in [3.8, 4) is 6.08 Å². The molecule has 0 bridgehead atoms. The molecule has 0 aliphatic heterocycles. The van der Waals surface area contributed by atoms with Crippen molar-refractivity contribution in [2.45, 2.75) is 97.3 Å². The SMILES string of the molecule is CCCCCCCCCCCCCCCOc1nc2ccc(C)cc2c(=O)o1. The molecule has 0 amide bonds. The monoisotopic (exact) mass is 387 g/mol. The molecule has 1 aromatic carbocycles. The Bertz CT molecular complexity index is 738. The van der Waals surface area contributed by atoms with Gasteiger partial charge in [0.1, 0.15) is 0 Å². The van der Waals surface area contributed by atoms with Gasteiger partial charge in [0, 0.05) is 0 Å². The lowest BCUT2D eigenvalue weighted by Gasteiger charge is -2.05. The third kappa shape index (κ3) is 8.45. The van der Waals surface area contributed by atoms with Gasteiger partial charge < -0.3 is 9.15 Å². The number of hydrogen-bond donors (Lipinski definition) is 0. The fourth-order valence-corrected chi connectivity index (χ4v) is 3.51. The first-order valence-electron chi connectivity index (χ1n) is 11.2. The van der Waals surface area contributed by atoms with Crippen molar-refractivity contribution < 1.29 is 9.15 Å². The van der Waals surface area contributed by atoms with Crippen LogP contribution in [0.15, 0.2) is 27.4 Å². The molecule has 1 aromatic heterocycles. The Balaban J connectivity index is 1.49. The summed E-state index contributed by atoms with van der Waals surface area (Å²) in [6.07, 6.45) is 17.2. The maximum Gasteiger partial charge on any atom is 0.397 e. The molecule has 156 valence electrons. The van der Waals surface area contributed by atoms with E-state index in [1.54, 1.807) is 6.07 Å².